The zero-order chi connectivity index (χ0) is 23.0. The summed E-state index contributed by atoms with van der Waals surface area (Å²) in [7, 11) is 0. The molecular weight excluding hydrogens is 460 g/mol. The van der Waals surface area contributed by atoms with Crippen molar-refractivity contribution in [3.05, 3.63) is 68.4 Å². The number of nitrogens with zero attached hydrogens (tertiary/aromatic N) is 1. The first-order valence-corrected chi connectivity index (χ1v) is 10.7. The van der Waals surface area contributed by atoms with Crippen molar-refractivity contribution in [1.29, 1.82) is 0 Å². The van der Waals surface area contributed by atoms with Gasteiger partial charge in [0.25, 0.3) is 5.91 Å². The van der Waals surface area contributed by atoms with E-state index in [0.717, 1.165) is 0 Å². The summed E-state index contributed by atoms with van der Waals surface area (Å²) in [6, 6.07) is 6.92. The summed E-state index contributed by atoms with van der Waals surface area (Å²) in [4.78, 5) is 49.8. The lowest BCUT2D eigenvalue weighted by Gasteiger charge is -2.29. The molecule has 4 amide bonds. The largest absolute Gasteiger partial charge is 0.352 e. The molecule has 4 rings (SSSR count). The van der Waals surface area contributed by atoms with E-state index in [-0.39, 0.29) is 60.9 Å². The summed E-state index contributed by atoms with van der Waals surface area (Å²) in [5, 5.41) is 5.68. The normalized spacial score (nSPS) is 17.9. The predicted octanol–water partition coefficient (Wildman–Crippen LogP) is 2.75. The van der Waals surface area contributed by atoms with Gasteiger partial charge in [-0.1, -0.05) is 35.3 Å². The molecule has 0 spiro atoms. The minimum Gasteiger partial charge on any atom is -0.352 e. The quantitative estimate of drug-likeness (QED) is 0.647. The van der Waals surface area contributed by atoms with Crippen LogP contribution in [0.25, 0.3) is 0 Å². The van der Waals surface area contributed by atoms with Gasteiger partial charge in [-0.3, -0.25) is 24.5 Å². The van der Waals surface area contributed by atoms with Gasteiger partial charge in [-0.25, -0.2) is 4.39 Å². The lowest BCUT2D eigenvalue weighted by Crippen LogP contribution is -2.52. The molecule has 10 heteroatoms. The number of piperidine rings is 1. The minimum absolute atomic E-state index is 0.00430. The number of halogens is 3. The standard InChI is InChI=1S/C22H18Cl2FN3O4/c23-13-3-1-11(16(24)8-13)7-19(30)26-9-12-2-4-14-15(20(12)25)10-28(22(14)32)17-5-6-18(29)27-21(17)31/h1-4,8,17H,5-7,9-10H2,(H,26,30)(H,27,29,31). The zero-order valence-corrected chi connectivity index (χ0v) is 18.2. The minimum atomic E-state index is -0.820. The highest BCUT2D eigenvalue weighted by atomic mass is 35.5. The summed E-state index contributed by atoms with van der Waals surface area (Å²) in [6.45, 7) is -0.149. The van der Waals surface area contributed by atoms with Crippen LogP contribution >= 0.6 is 23.2 Å². The Balaban J connectivity index is 1.44. The van der Waals surface area contributed by atoms with Gasteiger partial charge >= 0.3 is 0 Å². The maximum Gasteiger partial charge on any atom is 0.255 e. The second-order valence-corrected chi connectivity index (χ2v) is 8.50. The maximum absolute atomic E-state index is 15.1. The average Bonchev–Trinajstić information content (AvgIpc) is 3.07. The van der Waals surface area contributed by atoms with E-state index in [9.17, 15) is 19.2 Å². The molecule has 1 unspecified atom stereocenters. The number of nitrogens with one attached hydrogen (secondary N) is 2. The van der Waals surface area contributed by atoms with Gasteiger partial charge in [0.1, 0.15) is 11.9 Å². The second kappa shape index (κ2) is 8.88. The monoisotopic (exact) mass is 477 g/mol. The van der Waals surface area contributed by atoms with E-state index in [1.54, 1.807) is 12.1 Å². The number of rotatable bonds is 5. The Morgan fingerprint density at radius 1 is 1.16 bits per heavy atom. The molecule has 0 bridgehead atoms. The molecule has 2 aliphatic heterocycles. The Kier molecular flexibility index (Phi) is 6.17. The first-order chi connectivity index (χ1) is 15.2. The molecule has 166 valence electrons. The molecule has 2 aliphatic rings. The van der Waals surface area contributed by atoms with Crippen molar-refractivity contribution in [2.24, 2.45) is 0 Å². The van der Waals surface area contributed by atoms with Crippen LogP contribution in [0.1, 0.15) is 39.9 Å². The van der Waals surface area contributed by atoms with E-state index in [1.807, 2.05) is 0 Å². The van der Waals surface area contributed by atoms with Crippen LogP contribution < -0.4 is 10.6 Å². The Bertz CT molecular complexity index is 1150. The lowest BCUT2D eigenvalue weighted by molar-refractivity contribution is -0.137. The Hall–Kier alpha value is -2.97. The summed E-state index contributed by atoms with van der Waals surface area (Å²) in [5.74, 6) is -2.36. The number of carbonyl (C=O) groups excluding carboxylic acids is 4. The first-order valence-electron chi connectivity index (χ1n) is 9.90. The Labute approximate surface area is 192 Å². The van der Waals surface area contributed by atoms with Gasteiger partial charge in [-0.05, 0) is 30.2 Å². The van der Waals surface area contributed by atoms with Gasteiger partial charge < -0.3 is 10.2 Å². The molecule has 2 N–H and O–H groups in total. The Morgan fingerprint density at radius 2 is 1.91 bits per heavy atom. The number of benzene rings is 2. The third-order valence-corrected chi connectivity index (χ3v) is 6.16. The second-order valence-electron chi connectivity index (χ2n) is 7.65. The van der Waals surface area contributed by atoms with Crippen LogP contribution in [0.3, 0.4) is 0 Å². The van der Waals surface area contributed by atoms with Gasteiger partial charge in [-0.15, -0.1) is 0 Å². The molecule has 1 fully saturated rings. The summed E-state index contributed by atoms with van der Waals surface area (Å²) >= 11 is 11.9. The first kappa shape index (κ1) is 22.2. The van der Waals surface area contributed by atoms with E-state index in [2.05, 4.69) is 10.6 Å². The number of fused-ring (bicyclic) bond motifs is 1. The summed E-state index contributed by atoms with van der Waals surface area (Å²) < 4.78 is 15.1. The van der Waals surface area contributed by atoms with Crippen LogP contribution in [-0.4, -0.2) is 34.6 Å². The number of amides is 4. The molecule has 1 saturated heterocycles. The van der Waals surface area contributed by atoms with Crippen molar-refractivity contribution >= 4 is 46.8 Å². The van der Waals surface area contributed by atoms with Gasteiger partial charge in [0.2, 0.25) is 17.7 Å². The fourth-order valence-electron chi connectivity index (χ4n) is 3.88. The van der Waals surface area contributed by atoms with Crippen LogP contribution in [0, 0.1) is 5.82 Å². The summed E-state index contributed by atoms with van der Waals surface area (Å²) in [6.07, 6.45) is 0.320. The highest BCUT2D eigenvalue weighted by molar-refractivity contribution is 6.35. The van der Waals surface area contributed by atoms with Gasteiger partial charge in [0.05, 0.1) is 13.0 Å². The molecular formula is C22H18Cl2FN3O4. The molecule has 7 nitrogen and oxygen atoms in total. The fraction of sp³-hybridized carbons (Fsp3) is 0.273. The number of hydrogen-bond donors (Lipinski definition) is 2. The van der Waals surface area contributed by atoms with E-state index in [4.69, 9.17) is 23.2 Å². The topological polar surface area (TPSA) is 95.6 Å². The van der Waals surface area contributed by atoms with Crippen molar-refractivity contribution in [3.63, 3.8) is 0 Å². The van der Waals surface area contributed by atoms with E-state index in [1.165, 1.54) is 23.1 Å². The van der Waals surface area contributed by atoms with Crippen LogP contribution in [0.5, 0.6) is 0 Å². The fourth-order valence-corrected chi connectivity index (χ4v) is 4.36. The smallest absolute Gasteiger partial charge is 0.255 e. The molecule has 2 aromatic carbocycles. The predicted molar refractivity (Wildman–Crippen MR) is 114 cm³/mol. The molecule has 32 heavy (non-hydrogen) atoms. The van der Waals surface area contributed by atoms with Crippen LogP contribution in [-0.2, 0) is 33.9 Å². The highest BCUT2D eigenvalue weighted by Gasteiger charge is 2.40. The SMILES string of the molecule is O=C(Cc1ccc(Cl)cc1Cl)NCc1ccc2c(c1F)CN(C1CCC(=O)NC1=O)C2=O. The number of hydrogen-bond acceptors (Lipinski definition) is 4. The van der Waals surface area contributed by atoms with Crippen molar-refractivity contribution in [2.45, 2.75) is 38.4 Å². The average molecular weight is 478 g/mol. The Morgan fingerprint density at radius 3 is 2.62 bits per heavy atom. The molecule has 0 radical (unpaired) electrons. The van der Waals surface area contributed by atoms with Crippen molar-refractivity contribution in [3.8, 4) is 0 Å². The third kappa shape index (κ3) is 4.33. The number of carbonyl (C=O) groups is 4. The summed E-state index contributed by atoms with van der Waals surface area (Å²) in [5.41, 5.74) is 1.16. The molecule has 1 atom stereocenters. The van der Waals surface area contributed by atoms with E-state index in [0.29, 0.717) is 15.6 Å². The number of imide groups is 1. The molecule has 0 aliphatic carbocycles. The van der Waals surface area contributed by atoms with E-state index < -0.39 is 23.7 Å². The third-order valence-electron chi connectivity index (χ3n) is 5.57. The zero-order valence-electron chi connectivity index (χ0n) is 16.7. The molecule has 0 saturated carbocycles. The van der Waals surface area contributed by atoms with Gasteiger partial charge in [0.15, 0.2) is 0 Å². The van der Waals surface area contributed by atoms with Gasteiger partial charge in [-0.2, -0.15) is 0 Å². The molecule has 0 aromatic heterocycles. The van der Waals surface area contributed by atoms with Crippen LogP contribution in [0.4, 0.5) is 4.39 Å². The van der Waals surface area contributed by atoms with Crippen molar-refractivity contribution in [2.75, 3.05) is 0 Å². The van der Waals surface area contributed by atoms with Crippen LogP contribution in [0.2, 0.25) is 10.0 Å². The maximum atomic E-state index is 15.1. The molecule has 2 aromatic rings. The van der Waals surface area contributed by atoms with E-state index >= 15 is 4.39 Å². The lowest BCUT2D eigenvalue weighted by atomic mass is 10.0. The molecule has 2 heterocycles. The highest BCUT2D eigenvalue weighted by Crippen LogP contribution is 2.30. The van der Waals surface area contributed by atoms with Crippen molar-refractivity contribution in [1.82, 2.24) is 15.5 Å². The van der Waals surface area contributed by atoms with Gasteiger partial charge in [0, 0.05) is 39.7 Å². The van der Waals surface area contributed by atoms with Crippen molar-refractivity contribution < 1.29 is 23.6 Å². The van der Waals surface area contributed by atoms with Crippen LogP contribution in [0.15, 0.2) is 30.3 Å².